The van der Waals surface area contributed by atoms with Gasteiger partial charge in [0, 0.05) is 41.9 Å². The molecule has 5 aromatic rings. The lowest BCUT2D eigenvalue weighted by Crippen LogP contribution is -2.45. The van der Waals surface area contributed by atoms with Gasteiger partial charge in [-0.05, 0) is 84.6 Å². The first-order valence-corrected chi connectivity index (χ1v) is 19.3. The summed E-state index contributed by atoms with van der Waals surface area (Å²) in [6.45, 7) is 3.33. The highest BCUT2D eigenvalue weighted by atomic mass is 32.2. The van der Waals surface area contributed by atoms with Crippen molar-refractivity contribution in [1.82, 2.24) is 15.6 Å². The molecule has 17 heteroatoms. The van der Waals surface area contributed by atoms with Gasteiger partial charge in [-0.2, -0.15) is 18.4 Å². The van der Waals surface area contributed by atoms with Gasteiger partial charge < -0.3 is 35.5 Å². The topological polar surface area (TPSA) is 183 Å². The third kappa shape index (κ3) is 9.60. The molecule has 57 heavy (non-hydrogen) atoms. The maximum absolute atomic E-state index is 14.2. The first kappa shape index (κ1) is 40.9. The number of halogens is 4. The second kappa shape index (κ2) is 16.7. The Hall–Kier alpha value is -5.80. The number of nitrogens with zero attached hydrogens (tertiary/aromatic N) is 1. The number of ether oxygens (including phenoxy) is 2. The summed E-state index contributed by atoms with van der Waals surface area (Å²) in [5.41, 5.74) is -0.154. The number of anilines is 1. The van der Waals surface area contributed by atoms with Crippen LogP contribution in [0.2, 0.25) is 0 Å². The van der Waals surface area contributed by atoms with Crippen molar-refractivity contribution in [2.45, 2.75) is 36.6 Å². The molecule has 0 fully saturated rings. The molecule has 6 rings (SSSR count). The first-order valence-electron chi connectivity index (χ1n) is 17.7. The first-order chi connectivity index (χ1) is 27.1. The number of nitriles is 1. The predicted molar refractivity (Wildman–Crippen MR) is 202 cm³/mol. The Labute approximate surface area is 324 Å². The molecule has 1 atom stereocenters. The molecule has 0 spiro atoms. The molecule has 0 radical (unpaired) electrons. The molecule has 1 aliphatic heterocycles. The molecule has 2 amide bonds. The number of amides is 2. The lowest BCUT2D eigenvalue weighted by Gasteiger charge is -2.22. The average Bonchev–Trinajstić information content (AvgIpc) is 3.43. The fourth-order valence-corrected chi connectivity index (χ4v) is 7.99. The van der Waals surface area contributed by atoms with Crippen LogP contribution in [0.4, 0.5) is 23.2 Å². The van der Waals surface area contributed by atoms with E-state index in [1.54, 1.807) is 0 Å². The average molecular weight is 808 g/mol. The number of nitrogens with one attached hydrogen (secondary N) is 4. The lowest BCUT2D eigenvalue weighted by molar-refractivity contribution is -0.137. The summed E-state index contributed by atoms with van der Waals surface area (Å²) in [5, 5.41) is 28.6. The monoisotopic (exact) mass is 807 g/mol. The van der Waals surface area contributed by atoms with Crippen LogP contribution in [0.5, 0.6) is 5.75 Å². The minimum absolute atomic E-state index is 0.169. The summed E-state index contributed by atoms with van der Waals surface area (Å²) >= 11 is 0. The Morgan fingerprint density at radius 3 is 2.44 bits per heavy atom. The summed E-state index contributed by atoms with van der Waals surface area (Å²) in [7, 11) is -4.25. The molecule has 1 aromatic heterocycles. The number of rotatable bonds is 15. The summed E-state index contributed by atoms with van der Waals surface area (Å²) in [6, 6.07) is 19.7. The highest BCUT2D eigenvalue weighted by Gasteiger charge is 2.38. The summed E-state index contributed by atoms with van der Waals surface area (Å²) in [6.07, 6.45) is -4.26. The zero-order valence-corrected chi connectivity index (χ0v) is 31.2. The predicted octanol–water partition coefficient (Wildman–Crippen LogP) is 5.50. The second-order valence-electron chi connectivity index (χ2n) is 13.5. The van der Waals surface area contributed by atoms with E-state index >= 15 is 0 Å². The van der Waals surface area contributed by atoms with Crippen LogP contribution in [-0.2, 0) is 38.5 Å². The van der Waals surface area contributed by atoms with Gasteiger partial charge in [-0.3, -0.25) is 9.59 Å². The molecule has 0 unspecified atom stereocenters. The molecular formula is C40H37F4N5O7S. The standard InChI is InChI=1S/C40H37F4N5O7S/c1-39(52,38(51)48-28-7-6-26(21-45)33(20-28)40(42,43)44)23-57(53,54)30-10-8-29(9-11-30)56-17-16-55-15-14-46-22-24-2-4-25(5-3-24)36-31-12-13-47-37(50)32-18-27(41)19-34(49-36)35(31)32/h2-11,18-20,46,49,52H,12-17,22-23H2,1H3,(H,47,50)(H,48,51)/t39-/m0/s1. The summed E-state index contributed by atoms with van der Waals surface area (Å²) in [5.74, 6) is -2.75. The Balaban J connectivity index is 0.914. The van der Waals surface area contributed by atoms with E-state index in [9.17, 15) is 40.7 Å². The van der Waals surface area contributed by atoms with Crippen molar-refractivity contribution in [3.63, 3.8) is 0 Å². The van der Waals surface area contributed by atoms with Crippen molar-refractivity contribution in [2.75, 3.05) is 44.0 Å². The van der Waals surface area contributed by atoms with Gasteiger partial charge in [-0.1, -0.05) is 24.3 Å². The lowest BCUT2D eigenvalue weighted by atomic mass is 9.99. The minimum Gasteiger partial charge on any atom is -0.491 e. The molecule has 0 saturated heterocycles. The number of H-pyrrole nitrogens is 1. The van der Waals surface area contributed by atoms with Crippen molar-refractivity contribution < 1.29 is 50.1 Å². The maximum Gasteiger partial charge on any atom is 0.417 e. The molecule has 0 aliphatic carbocycles. The normalized spacial score (nSPS) is 14.0. The Kier molecular flexibility index (Phi) is 12.0. The van der Waals surface area contributed by atoms with E-state index < -0.39 is 50.2 Å². The van der Waals surface area contributed by atoms with Crippen LogP contribution in [0, 0.1) is 17.1 Å². The number of carbonyl (C=O) groups is 2. The van der Waals surface area contributed by atoms with Gasteiger partial charge in [-0.15, -0.1) is 0 Å². The molecular weight excluding hydrogens is 771 g/mol. The van der Waals surface area contributed by atoms with Crippen LogP contribution < -0.4 is 20.7 Å². The van der Waals surface area contributed by atoms with Crippen LogP contribution >= 0.6 is 0 Å². The van der Waals surface area contributed by atoms with Gasteiger partial charge in [0.05, 0.1) is 46.6 Å². The number of benzene rings is 4. The van der Waals surface area contributed by atoms with Gasteiger partial charge in [-0.25, -0.2) is 12.8 Å². The molecule has 298 valence electrons. The molecule has 1 aliphatic rings. The number of sulfone groups is 1. The minimum atomic E-state index is -4.88. The van der Waals surface area contributed by atoms with E-state index in [-0.39, 0.29) is 29.7 Å². The van der Waals surface area contributed by atoms with Gasteiger partial charge in [0.1, 0.15) is 18.2 Å². The summed E-state index contributed by atoms with van der Waals surface area (Å²) < 4.78 is 91.4. The fourth-order valence-electron chi connectivity index (χ4n) is 6.41. The number of hydrogen-bond donors (Lipinski definition) is 5. The van der Waals surface area contributed by atoms with Crippen LogP contribution in [0.15, 0.2) is 83.8 Å². The van der Waals surface area contributed by atoms with Gasteiger partial charge in [0.2, 0.25) is 0 Å². The molecule has 5 N–H and O–H groups in total. The Bertz CT molecular complexity index is 2440. The van der Waals surface area contributed by atoms with E-state index in [0.717, 1.165) is 46.8 Å². The number of aromatic nitrogens is 1. The number of aromatic amines is 1. The van der Waals surface area contributed by atoms with E-state index in [2.05, 4.69) is 20.9 Å². The molecule has 12 nitrogen and oxygen atoms in total. The van der Waals surface area contributed by atoms with Crippen molar-refractivity contribution in [2.24, 2.45) is 0 Å². The van der Waals surface area contributed by atoms with Gasteiger partial charge in [0.15, 0.2) is 15.4 Å². The van der Waals surface area contributed by atoms with Crippen LogP contribution in [-0.4, -0.2) is 74.6 Å². The largest absolute Gasteiger partial charge is 0.491 e. The molecule has 0 bridgehead atoms. The number of hydrogen-bond acceptors (Lipinski definition) is 9. The van der Waals surface area contributed by atoms with Crippen molar-refractivity contribution in [3.8, 4) is 23.1 Å². The van der Waals surface area contributed by atoms with Crippen molar-refractivity contribution in [3.05, 3.63) is 112 Å². The summed E-state index contributed by atoms with van der Waals surface area (Å²) in [4.78, 5) is 28.3. The van der Waals surface area contributed by atoms with E-state index in [0.29, 0.717) is 55.6 Å². The second-order valence-corrected chi connectivity index (χ2v) is 15.5. The van der Waals surface area contributed by atoms with Crippen LogP contribution in [0.25, 0.3) is 22.2 Å². The maximum atomic E-state index is 14.2. The van der Waals surface area contributed by atoms with E-state index in [4.69, 9.17) is 14.7 Å². The smallest absolute Gasteiger partial charge is 0.417 e. The molecule has 4 aromatic carbocycles. The van der Waals surface area contributed by atoms with Gasteiger partial charge >= 0.3 is 6.18 Å². The van der Waals surface area contributed by atoms with Crippen LogP contribution in [0.1, 0.15) is 39.5 Å². The number of aliphatic hydroxyl groups is 1. The quantitative estimate of drug-likeness (QED) is 0.0674. The van der Waals surface area contributed by atoms with Crippen molar-refractivity contribution >= 4 is 38.2 Å². The Morgan fingerprint density at radius 1 is 1.00 bits per heavy atom. The highest BCUT2D eigenvalue weighted by molar-refractivity contribution is 7.91. The molecule has 2 heterocycles. The molecule has 0 saturated carbocycles. The third-order valence-electron chi connectivity index (χ3n) is 9.21. The zero-order chi connectivity index (χ0) is 41.0. The van der Waals surface area contributed by atoms with Gasteiger partial charge in [0.25, 0.3) is 11.8 Å². The Morgan fingerprint density at radius 2 is 1.74 bits per heavy atom. The third-order valence-corrected chi connectivity index (χ3v) is 11.1. The van der Waals surface area contributed by atoms with Crippen LogP contribution in [0.3, 0.4) is 0 Å². The zero-order valence-electron chi connectivity index (χ0n) is 30.4. The van der Waals surface area contributed by atoms with Crippen molar-refractivity contribution in [1.29, 1.82) is 5.26 Å². The number of carbonyl (C=O) groups excluding carboxylic acids is 2. The number of alkyl halides is 3. The van der Waals surface area contributed by atoms with E-state index in [1.165, 1.54) is 42.5 Å². The van der Waals surface area contributed by atoms with E-state index in [1.807, 2.05) is 24.3 Å². The SMILES string of the molecule is C[C@](O)(CS(=O)(=O)c1ccc(OCCOCCNCc2ccc(-c3[nH]c4cc(F)cc5c4c3CCNC5=O)cc2)cc1)C(=O)Nc1ccc(C#N)c(C(F)(F)F)c1. The highest BCUT2D eigenvalue weighted by Crippen LogP contribution is 2.36. The fraction of sp³-hybridized carbons (Fsp3) is 0.275.